The van der Waals surface area contributed by atoms with Gasteiger partial charge in [0.1, 0.15) is 5.54 Å². The minimum atomic E-state index is -0.498. The molecule has 2 aromatic rings. The van der Waals surface area contributed by atoms with E-state index in [4.69, 9.17) is 4.52 Å². The molecule has 3 rings (SSSR count). The molecule has 1 aliphatic heterocycles. The van der Waals surface area contributed by atoms with Gasteiger partial charge in [-0.2, -0.15) is 0 Å². The van der Waals surface area contributed by atoms with Crippen LogP contribution in [0, 0.1) is 6.92 Å². The van der Waals surface area contributed by atoms with Gasteiger partial charge in [0.25, 0.3) is 5.91 Å². The fourth-order valence-corrected chi connectivity index (χ4v) is 2.94. The number of aryl methyl sites for hydroxylation is 2. The molecule has 0 radical (unpaired) electrons. The van der Waals surface area contributed by atoms with Crippen molar-refractivity contribution in [3.05, 3.63) is 41.3 Å². The zero-order valence-electron chi connectivity index (χ0n) is 13.2. The second-order valence-electron chi connectivity index (χ2n) is 5.89. The van der Waals surface area contributed by atoms with Crippen molar-refractivity contribution in [2.24, 2.45) is 0 Å². The Labute approximate surface area is 129 Å². The number of hydrogen-bond acceptors (Lipinski definition) is 5. The van der Waals surface area contributed by atoms with E-state index in [0.717, 1.165) is 30.7 Å². The van der Waals surface area contributed by atoms with Crippen LogP contribution in [-0.4, -0.2) is 32.5 Å². The minimum Gasteiger partial charge on any atom is -0.351 e. The number of hydrogen-bond donors (Lipinski definition) is 0. The Morgan fingerprint density at radius 1 is 1.50 bits per heavy atom. The molecule has 2 aromatic heterocycles. The molecule has 116 valence electrons. The maximum absolute atomic E-state index is 12.8. The van der Waals surface area contributed by atoms with Crippen LogP contribution in [0.2, 0.25) is 0 Å². The number of carbonyl (C=O) groups is 1. The van der Waals surface area contributed by atoms with E-state index in [1.165, 1.54) is 0 Å². The summed E-state index contributed by atoms with van der Waals surface area (Å²) in [5, 5.41) is 3.91. The Hall–Kier alpha value is -2.24. The van der Waals surface area contributed by atoms with Crippen molar-refractivity contribution in [3.8, 4) is 0 Å². The summed E-state index contributed by atoms with van der Waals surface area (Å²) in [4.78, 5) is 23.5. The van der Waals surface area contributed by atoms with Crippen molar-refractivity contribution >= 4 is 5.91 Å². The van der Waals surface area contributed by atoms with Gasteiger partial charge in [0.05, 0.1) is 5.69 Å². The van der Waals surface area contributed by atoms with Crippen LogP contribution >= 0.6 is 0 Å². The topological polar surface area (TPSA) is 72.1 Å². The normalized spacial score (nSPS) is 21.3. The lowest BCUT2D eigenvalue weighted by atomic mass is 9.97. The monoisotopic (exact) mass is 300 g/mol. The molecule has 22 heavy (non-hydrogen) atoms. The maximum atomic E-state index is 12.8. The van der Waals surface area contributed by atoms with Gasteiger partial charge in [-0.15, -0.1) is 0 Å². The van der Waals surface area contributed by atoms with Crippen LogP contribution in [0.5, 0.6) is 0 Å². The predicted molar refractivity (Wildman–Crippen MR) is 80.3 cm³/mol. The van der Waals surface area contributed by atoms with E-state index in [2.05, 4.69) is 15.1 Å². The molecule has 0 spiro atoms. The lowest BCUT2D eigenvalue weighted by Crippen LogP contribution is -2.44. The second kappa shape index (κ2) is 5.51. The summed E-state index contributed by atoms with van der Waals surface area (Å²) < 4.78 is 5.20. The van der Waals surface area contributed by atoms with Gasteiger partial charge >= 0.3 is 0 Å². The van der Waals surface area contributed by atoms with Gasteiger partial charge in [0, 0.05) is 24.5 Å². The molecule has 0 N–H and O–H groups in total. The second-order valence-corrected chi connectivity index (χ2v) is 5.89. The van der Waals surface area contributed by atoms with Crippen LogP contribution < -0.4 is 0 Å². The zero-order valence-corrected chi connectivity index (χ0v) is 13.2. The Kier molecular flexibility index (Phi) is 3.68. The van der Waals surface area contributed by atoms with Crippen molar-refractivity contribution in [2.75, 3.05) is 6.54 Å². The van der Waals surface area contributed by atoms with E-state index in [1.807, 2.05) is 31.7 Å². The third kappa shape index (κ3) is 2.38. The van der Waals surface area contributed by atoms with E-state index in [0.29, 0.717) is 12.4 Å². The Balaban J connectivity index is 1.93. The quantitative estimate of drug-likeness (QED) is 0.870. The summed E-state index contributed by atoms with van der Waals surface area (Å²) >= 11 is 0. The number of amides is 1. The Bertz CT molecular complexity index is 697. The van der Waals surface area contributed by atoms with Gasteiger partial charge < -0.3 is 9.42 Å². The average molecular weight is 300 g/mol. The number of aromatic nitrogens is 3. The van der Waals surface area contributed by atoms with Crippen LogP contribution in [0.25, 0.3) is 0 Å². The number of carbonyl (C=O) groups excluding carboxylic acids is 1. The van der Waals surface area contributed by atoms with Crippen LogP contribution in [0.1, 0.15) is 54.5 Å². The van der Waals surface area contributed by atoms with Crippen LogP contribution in [0.3, 0.4) is 0 Å². The first-order valence-electron chi connectivity index (χ1n) is 7.62. The van der Waals surface area contributed by atoms with Crippen molar-refractivity contribution < 1.29 is 9.32 Å². The molecule has 1 fully saturated rings. The molecule has 6 heteroatoms. The van der Waals surface area contributed by atoms with Crippen molar-refractivity contribution in [2.45, 2.75) is 45.6 Å². The summed E-state index contributed by atoms with van der Waals surface area (Å²) in [6, 6.07) is 3.58. The Morgan fingerprint density at radius 2 is 2.32 bits per heavy atom. The average Bonchev–Trinajstić information content (AvgIpc) is 3.14. The van der Waals surface area contributed by atoms with Gasteiger partial charge in [-0.1, -0.05) is 12.1 Å². The lowest BCUT2D eigenvalue weighted by molar-refractivity contribution is 0.0561. The van der Waals surface area contributed by atoms with E-state index in [9.17, 15) is 4.79 Å². The van der Waals surface area contributed by atoms with Gasteiger partial charge in [0.2, 0.25) is 5.76 Å². The molecule has 6 nitrogen and oxygen atoms in total. The van der Waals surface area contributed by atoms with E-state index < -0.39 is 5.54 Å². The molecule has 1 aliphatic rings. The van der Waals surface area contributed by atoms with Crippen molar-refractivity contribution in [3.63, 3.8) is 0 Å². The first-order chi connectivity index (χ1) is 10.5. The Morgan fingerprint density at radius 3 is 3.00 bits per heavy atom. The fraction of sp³-hybridized carbons (Fsp3) is 0.500. The summed E-state index contributed by atoms with van der Waals surface area (Å²) in [7, 11) is 0. The molecule has 0 aliphatic carbocycles. The summed E-state index contributed by atoms with van der Waals surface area (Å²) in [5.74, 6) is 0.837. The summed E-state index contributed by atoms with van der Waals surface area (Å²) in [6.45, 7) is 6.60. The molecule has 0 aromatic carbocycles. The lowest BCUT2D eigenvalue weighted by Gasteiger charge is -2.33. The highest BCUT2D eigenvalue weighted by molar-refractivity contribution is 5.92. The van der Waals surface area contributed by atoms with Crippen molar-refractivity contribution in [1.82, 2.24) is 20.0 Å². The number of rotatable bonds is 3. The molecular weight excluding hydrogens is 280 g/mol. The summed E-state index contributed by atoms with van der Waals surface area (Å²) in [6.07, 6.45) is 4.26. The zero-order chi connectivity index (χ0) is 15.7. The van der Waals surface area contributed by atoms with Gasteiger partial charge in [-0.25, -0.2) is 9.97 Å². The molecule has 0 unspecified atom stereocenters. The highest BCUT2D eigenvalue weighted by atomic mass is 16.5. The first-order valence-corrected chi connectivity index (χ1v) is 7.62. The molecule has 1 amide bonds. The largest absolute Gasteiger partial charge is 0.351 e. The van der Waals surface area contributed by atoms with Crippen molar-refractivity contribution in [1.29, 1.82) is 0 Å². The van der Waals surface area contributed by atoms with Gasteiger partial charge in [0.15, 0.2) is 5.82 Å². The van der Waals surface area contributed by atoms with E-state index >= 15 is 0 Å². The maximum Gasteiger partial charge on any atom is 0.293 e. The molecule has 3 heterocycles. The van der Waals surface area contributed by atoms with E-state index in [1.54, 1.807) is 12.3 Å². The first kappa shape index (κ1) is 14.7. The van der Waals surface area contributed by atoms with Gasteiger partial charge in [-0.05, 0) is 39.2 Å². The van der Waals surface area contributed by atoms with Crippen LogP contribution in [0.4, 0.5) is 0 Å². The highest BCUT2D eigenvalue weighted by Crippen LogP contribution is 2.37. The fourth-order valence-electron chi connectivity index (χ4n) is 2.94. The van der Waals surface area contributed by atoms with Crippen LogP contribution in [-0.2, 0) is 12.0 Å². The number of likely N-dealkylation sites (tertiary alicyclic amines) is 1. The SMILES string of the molecule is CCc1cc(C(=O)N2CCC[C@]2(C)c2nccc(C)n2)on1. The third-order valence-electron chi connectivity index (χ3n) is 4.29. The smallest absolute Gasteiger partial charge is 0.293 e. The van der Waals surface area contributed by atoms with Crippen LogP contribution in [0.15, 0.2) is 22.9 Å². The summed E-state index contributed by atoms with van der Waals surface area (Å²) in [5.41, 5.74) is 1.19. The molecule has 0 saturated carbocycles. The molecule has 0 bridgehead atoms. The highest BCUT2D eigenvalue weighted by Gasteiger charge is 2.44. The molecule has 1 atom stereocenters. The minimum absolute atomic E-state index is 0.141. The molecular formula is C16H20N4O2. The van der Waals surface area contributed by atoms with Gasteiger partial charge in [-0.3, -0.25) is 4.79 Å². The third-order valence-corrected chi connectivity index (χ3v) is 4.29. The predicted octanol–water partition coefficient (Wildman–Crippen LogP) is 2.49. The number of nitrogens with zero attached hydrogens (tertiary/aromatic N) is 4. The van der Waals surface area contributed by atoms with E-state index in [-0.39, 0.29) is 11.7 Å². The standard InChI is InChI=1S/C16H20N4O2/c1-4-12-10-13(22-19-12)14(21)20-9-5-7-16(20,3)15-17-8-6-11(2)18-15/h6,8,10H,4-5,7,9H2,1-3H3/t16-/m1/s1. The molecule has 1 saturated heterocycles.